The molecule has 0 amide bonds. The molecule has 5 aromatic rings. The summed E-state index contributed by atoms with van der Waals surface area (Å²) < 4.78 is 20.5. The first-order chi connectivity index (χ1) is 22.2. The second kappa shape index (κ2) is 12.7. The fourth-order valence-corrected chi connectivity index (χ4v) is 6.58. The largest absolute Gasteiger partial charge is 0.493 e. The third-order valence-corrected chi connectivity index (χ3v) is 8.86. The number of fused-ring (bicyclic) bond motifs is 1. The predicted octanol–water partition coefficient (Wildman–Crippen LogP) is 4.96. The second-order valence-electron chi connectivity index (χ2n) is 10.3. The van der Waals surface area contributed by atoms with Crippen LogP contribution in [0.5, 0.6) is 11.5 Å². The highest BCUT2D eigenvalue weighted by Gasteiger charge is 2.34. The topological polar surface area (TPSA) is 114 Å². The smallest absolute Gasteiger partial charge is 0.338 e. The SMILES string of the molecule is COC(=O)C1=C(C)N=c2s/c(=C\c3cn(-c4ccccc4)nc3-c3ccc(Br)cc3)c(=O)n2C1c1ccc(OC(C)=O)c(OC)c1. The summed E-state index contributed by atoms with van der Waals surface area (Å²) in [4.78, 5) is 44.1. The number of allylic oxidation sites excluding steroid dienone is 1. The number of methoxy groups -OCH3 is 2. The molecule has 1 aliphatic heterocycles. The Hall–Kier alpha value is -5.07. The molecule has 0 saturated carbocycles. The van der Waals surface area contributed by atoms with Gasteiger partial charge in [0.05, 0.1) is 47.4 Å². The number of benzene rings is 3. The van der Waals surface area contributed by atoms with Crippen molar-refractivity contribution in [3.8, 4) is 28.4 Å². The third kappa shape index (κ3) is 5.84. The summed E-state index contributed by atoms with van der Waals surface area (Å²) in [5.41, 5.74) is 3.98. The highest BCUT2D eigenvalue weighted by molar-refractivity contribution is 9.10. The first kappa shape index (κ1) is 30.9. The lowest BCUT2D eigenvalue weighted by molar-refractivity contribution is -0.136. The summed E-state index contributed by atoms with van der Waals surface area (Å²) in [7, 11) is 2.72. The number of esters is 2. The van der Waals surface area contributed by atoms with Crippen molar-refractivity contribution in [1.82, 2.24) is 14.3 Å². The van der Waals surface area contributed by atoms with E-state index >= 15 is 0 Å². The number of thiazole rings is 1. The molecule has 10 nitrogen and oxygen atoms in total. The molecule has 0 saturated heterocycles. The number of carbonyl (C=O) groups excluding carboxylic acids is 2. The van der Waals surface area contributed by atoms with Gasteiger partial charge in [-0.25, -0.2) is 14.5 Å². The molecule has 12 heteroatoms. The van der Waals surface area contributed by atoms with Crippen LogP contribution in [0, 0.1) is 0 Å². The van der Waals surface area contributed by atoms with Gasteiger partial charge in [-0.1, -0.05) is 63.7 Å². The number of ether oxygens (including phenoxy) is 3. The maximum absolute atomic E-state index is 14.3. The highest BCUT2D eigenvalue weighted by Crippen LogP contribution is 2.36. The molecular formula is C34H27BrN4O6S. The second-order valence-corrected chi connectivity index (χ2v) is 12.2. The Morgan fingerprint density at radius 2 is 1.74 bits per heavy atom. The molecule has 3 aromatic carbocycles. The first-order valence-corrected chi connectivity index (χ1v) is 15.7. The van der Waals surface area contributed by atoms with Gasteiger partial charge in [-0.05, 0) is 55.0 Å². The Balaban J connectivity index is 1.56. The molecule has 0 fully saturated rings. The van der Waals surface area contributed by atoms with Gasteiger partial charge in [0.15, 0.2) is 16.3 Å². The lowest BCUT2D eigenvalue weighted by Crippen LogP contribution is -2.39. The molecule has 1 aliphatic rings. The molecule has 0 spiro atoms. The zero-order valence-electron chi connectivity index (χ0n) is 25.2. The van der Waals surface area contributed by atoms with E-state index in [1.165, 1.54) is 37.0 Å². The third-order valence-electron chi connectivity index (χ3n) is 7.35. The molecule has 3 heterocycles. The van der Waals surface area contributed by atoms with E-state index in [1.54, 1.807) is 35.9 Å². The average molecular weight is 700 g/mol. The van der Waals surface area contributed by atoms with Crippen LogP contribution in [0.1, 0.15) is 31.0 Å². The Labute approximate surface area is 275 Å². The van der Waals surface area contributed by atoms with Crippen molar-refractivity contribution in [3.05, 3.63) is 126 Å². The minimum absolute atomic E-state index is 0.205. The number of hydrogen-bond acceptors (Lipinski definition) is 9. The van der Waals surface area contributed by atoms with Crippen LogP contribution in [0.25, 0.3) is 23.0 Å². The van der Waals surface area contributed by atoms with Crippen LogP contribution in [0.3, 0.4) is 0 Å². The van der Waals surface area contributed by atoms with E-state index < -0.39 is 18.0 Å². The number of halogens is 1. The van der Waals surface area contributed by atoms with Crippen molar-refractivity contribution in [1.29, 1.82) is 0 Å². The lowest BCUT2D eigenvalue weighted by atomic mass is 9.95. The van der Waals surface area contributed by atoms with Crippen LogP contribution >= 0.6 is 27.3 Å². The number of hydrogen-bond donors (Lipinski definition) is 0. The Bertz CT molecular complexity index is 2200. The Morgan fingerprint density at radius 1 is 1.00 bits per heavy atom. The lowest BCUT2D eigenvalue weighted by Gasteiger charge is -2.25. The molecule has 6 rings (SSSR count). The molecule has 232 valence electrons. The van der Waals surface area contributed by atoms with Gasteiger partial charge >= 0.3 is 11.9 Å². The van der Waals surface area contributed by atoms with Gasteiger partial charge in [0.25, 0.3) is 5.56 Å². The van der Waals surface area contributed by atoms with Gasteiger partial charge in [-0.15, -0.1) is 0 Å². The number of para-hydroxylation sites is 1. The first-order valence-electron chi connectivity index (χ1n) is 14.1. The summed E-state index contributed by atoms with van der Waals surface area (Å²) in [6.45, 7) is 2.99. The maximum atomic E-state index is 14.3. The molecule has 1 unspecified atom stereocenters. The van der Waals surface area contributed by atoms with Crippen LogP contribution in [-0.2, 0) is 14.3 Å². The summed E-state index contributed by atoms with van der Waals surface area (Å²) in [6.07, 6.45) is 3.68. The maximum Gasteiger partial charge on any atom is 0.338 e. The zero-order chi connectivity index (χ0) is 32.5. The highest BCUT2D eigenvalue weighted by atomic mass is 79.9. The molecule has 2 aromatic heterocycles. The van der Waals surface area contributed by atoms with Crippen molar-refractivity contribution < 1.29 is 23.8 Å². The van der Waals surface area contributed by atoms with Crippen molar-refractivity contribution in [3.63, 3.8) is 0 Å². The quantitative estimate of drug-likeness (QED) is 0.174. The van der Waals surface area contributed by atoms with E-state index in [0.717, 1.165) is 21.3 Å². The predicted molar refractivity (Wildman–Crippen MR) is 177 cm³/mol. The van der Waals surface area contributed by atoms with Gasteiger partial charge in [-0.2, -0.15) is 5.10 Å². The van der Waals surface area contributed by atoms with Crippen molar-refractivity contribution >= 4 is 45.3 Å². The average Bonchev–Trinajstić information content (AvgIpc) is 3.61. The molecule has 1 atom stereocenters. The van der Waals surface area contributed by atoms with Gasteiger partial charge < -0.3 is 14.2 Å². The van der Waals surface area contributed by atoms with E-state index in [9.17, 15) is 14.4 Å². The fraction of sp³-hybridized carbons (Fsp3) is 0.147. The van der Waals surface area contributed by atoms with E-state index in [1.807, 2.05) is 60.8 Å². The number of nitrogens with zero attached hydrogens (tertiary/aromatic N) is 4. The standard InChI is InChI=1S/C34H27BrN4O6S/c1-19-29(33(42)44-4)31(22-12-15-26(45-20(2)40)27(16-22)43-3)39-32(41)28(46-34(39)36-19)17-23-18-38(25-8-6-5-7-9-25)37-30(23)21-10-13-24(35)14-11-21/h5-18,31H,1-4H3/b28-17-. The summed E-state index contributed by atoms with van der Waals surface area (Å²) in [5, 5.41) is 4.88. The normalized spacial score (nSPS) is 14.5. The fourth-order valence-electron chi connectivity index (χ4n) is 5.28. The summed E-state index contributed by atoms with van der Waals surface area (Å²) >= 11 is 4.70. The van der Waals surface area contributed by atoms with Crippen molar-refractivity contribution in [2.24, 2.45) is 4.99 Å². The van der Waals surface area contributed by atoms with Gasteiger partial charge in [0, 0.05) is 28.7 Å². The number of carbonyl (C=O) groups is 2. The van der Waals surface area contributed by atoms with Crippen molar-refractivity contribution in [2.45, 2.75) is 19.9 Å². The zero-order valence-corrected chi connectivity index (χ0v) is 27.6. The molecule has 46 heavy (non-hydrogen) atoms. The van der Waals surface area contributed by atoms with Gasteiger partial charge in [0.1, 0.15) is 0 Å². The van der Waals surface area contributed by atoms with E-state index in [2.05, 4.69) is 20.9 Å². The van der Waals surface area contributed by atoms with Crippen molar-refractivity contribution in [2.75, 3.05) is 14.2 Å². The minimum atomic E-state index is -0.885. The van der Waals surface area contributed by atoms with Crippen LogP contribution in [0.2, 0.25) is 0 Å². The van der Waals surface area contributed by atoms with Crippen LogP contribution in [0.15, 0.2) is 105 Å². The van der Waals surface area contributed by atoms with Crippen LogP contribution in [0.4, 0.5) is 0 Å². The van der Waals surface area contributed by atoms with Crippen LogP contribution < -0.4 is 24.4 Å². The minimum Gasteiger partial charge on any atom is -0.493 e. The Morgan fingerprint density at radius 3 is 2.41 bits per heavy atom. The molecular weight excluding hydrogens is 672 g/mol. The van der Waals surface area contributed by atoms with E-state index in [0.29, 0.717) is 26.3 Å². The monoisotopic (exact) mass is 698 g/mol. The van der Waals surface area contributed by atoms with Gasteiger partial charge in [0.2, 0.25) is 0 Å². The summed E-state index contributed by atoms with van der Waals surface area (Å²) in [5.74, 6) is -0.656. The van der Waals surface area contributed by atoms with E-state index in [-0.39, 0.29) is 22.6 Å². The molecule has 0 N–H and O–H groups in total. The van der Waals surface area contributed by atoms with E-state index in [4.69, 9.17) is 19.3 Å². The van der Waals surface area contributed by atoms with Crippen LogP contribution in [-0.4, -0.2) is 40.5 Å². The Kier molecular flexibility index (Phi) is 8.57. The molecule has 0 aliphatic carbocycles. The number of aromatic nitrogens is 3. The van der Waals surface area contributed by atoms with Gasteiger partial charge in [-0.3, -0.25) is 14.2 Å². The molecule has 0 radical (unpaired) electrons. The molecule has 0 bridgehead atoms. The summed E-state index contributed by atoms with van der Waals surface area (Å²) in [6, 6.07) is 21.5. The number of rotatable bonds is 7.